The van der Waals surface area contributed by atoms with E-state index in [1.54, 1.807) is 12.1 Å². The molecule has 0 bridgehead atoms. The van der Waals surface area contributed by atoms with Crippen molar-refractivity contribution >= 4 is 5.91 Å². The van der Waals surface area contributed by atoms with E-state index >= 15 is 0 Å². The summed E-state index contributed by atoms with van der Waals surface area (Å²) < 4.78 is 19.1. The summed E-state index contributed by atoms with van der Waals surface area (Å²) in [6.07, 6.45) is 1.57. The smallest absolute Gasteiger partial charge is 0.261 e. The van der Waals surface area contributed by atoms with Gasteiger partial charge in [0, 0.05) is 6.54 Å². The number of para-hydroxylation sites is 1. The van der Waals surface area contributed by atoms with Gasteiger partial charge in [-0.2, -0.15) is 0 Å². The summed E-state index contributed by atoms with van der Waals surface area (Å²) in [7, 11) is 0. The van der Waals surface area contributed by atoms with E-state index in [2.05, 4.69) is 17.4 Å². The van der Waals surface area contributed by atoms with Crippen LogP contribution in [0.2, 0.25) is 0 Å². The zero-order valence-electron chi connectivity index (χ0n) is 13.3. The molecular weight excluding hydrogens is 293 g/mol. The molecule has 1 atom stereocenters. The molecule has 2 aromatic rings. The number of nitrogens with one attached hydrogen (secondary N) is 1. The Morgan fingerprint density at radius 3 is 2.52 bits per heavy atom. The average Bonchev–Trinajstić information content (AvgIpc) is 2.59. The highest BCUT2D eigenvalue weighted by molar-refractivity contribution is 5.81. The lowest BCUT2D eigenvalue weighted by molar-refractivity contribution is -0.128. The minimum absolute atomic E-state index is 0.110. The second kappa shape index (κ2) is 8.93. The van der Waals surface area contributed by atoms with Gasteiger partial charge in [-0.25, -0.2) is 4.39 Å². The topological polar surface area (TPSA) is 38.3 Å². The number of halogens is 1. The van der Waals surface area contributed by atoms with Gasteiger partial charge in [-0.3, -0.25) is 4.79 Å². The van der Waals surface area contributed by atoms with Gasteiger partial charge in [0.2, 0.25) is 0 Å². The number of carbonyl (C=O) groups is 1. The summed E-state index contributed by atoms with van der Waals surface area (Å²) >= 11 is 0. The largest absolute Gasteiger partial charge is 0.478 e. The van der Waals surface area contributed by atoms with Crippen molar-refractivity contribution in [3.63, 3.8) is 0 Å². The third kappa shape index (κ3) is 5.40. The molecule has 2 aromatic carbocycles. The van der Waals surface area contributed by atoms with Gasteiger partial charge >= 0.3 is 0 Å². The van der Waals surface area contributed by atoms with Gasteiger partial charge in [0.15, 0.2) is 17.7 Å². The fraction of sp³-hybridized carbons (Fsp3) is 0.316. The molecule has 0 spiro atoms. The first-order valence-electron chi connectivity index (χ1n) is 7.93. The Balaban J connectivity index is 1.77. The molecule has 23 heavy (non-hydrogen) atoms. The highest BCUT2D eigenvalue weighted by atomic mass is 19.1. The first-order valence-corrected chi connectivity index (χ1v) is 7.93. The molecule has 0 unspecified atom stereocenters. The number of carbonyl (C=O) groups excluding carboxylic acids is 1. The average molecular weight is 315 g/mol. The molecule has 0 aliphatic carbocycles. The molecule has 0 aliphatic heterocycles. The number of amides is 1. The first-order chi connectivity index (χ1) is 11.2. The van der Waals surface area contributed by atoms with Crippen molar-refractivity contribution in [2.24, 2.45) is 0 Å². The Morgan fingerprint density at radius 2 is 1.83 bits per heavy atom. The molecular formula is C19H22FNO2. The molecule has 122 valence electrons. The van der Waals surface area contributed by atoms with Gasteiger partial charge in [-0.1, -0.05) is 49.4 Å². The number of benzene rings is 2. The highest BCUT2D eigenvalue weighted by Gasteiger charge is 2.19. The molecule has 3 nitrogen and oxygen atoms in total. The Hall–Kier alpha value is -2.36. The van der Waals surface area contributed by atoms with E-state index in [9.17, 15) is 9.18 Å². The lowest BCUT2D eigenvalue weighted by Crippen LogP contribution is -2.38. The van der Waals surface area contributed by atoms with E-state index in [1.165, 1.54) is 17.7 Å². The van der Waals surface area contributed by atoms with Gasteiger partial charge in [0.1, 0.15) is 0 Å². The van der Waals surface area contributed by atoms with Gasteiger partial charge in [-0.15, -0.1) is 0 Å². The van der Waals surface area contributed by atoms with Crippen LogP contribution in [-0.2, 0) is 11.2 Å². The summed E-state index contributed by atoms with van der Waals surface area (Å²) in [5.41, 5.74) is 1.25. The van der Waals surface area contributed by atoms with E-state index in [-0.39, 0.29) is 11.7 Å². The standard InChI is InChI=1S/C19H22FNO2/c1-2-17(23-18-13-7-6-12-16(18)20)19(22)21-14-8-11-15-9-4-3-5-10-15/h3-7,9-10,12-13,17H,2,8,11,14H2,1H3,(H,21,22)/t17-/m1/s1. The Labute approximate surface area is 136 Å². The van der Waals surface area contributed by atoms with Crippen LogP contribution < -0.4 is 10.1 Å². The van der Waals surface area contributed by atoms with Crippen LogP contribution >= 0.6 is 0 Å². The molecule has 0 fully saturated rings. The van der Waals surface area contributed by atoms with Crippen molar-refractivity contribution in [2.75, 3.05) is 6.54 Å². The van der Waals surface area contributed by atoms with Crippen molar-refractivity contribution in [3.05, 3.63) is 66.0 Å². The van der Waals surface area contributed by atoms with Crippen LogP contribution in [0.15, 0.2) is 54.6 Å². The minimum atomic E-state index is -0.677. The normalized spacial score (nSPS) is 11.7. The van der Waals surface area contributed by atoms with Crippen LogP contribution in [0.25, 0.3) is 0 Å². The minimum Gasteiger partial charge on any atom is -0.478 e. The predicted octanol–water partition coefficient (Wildman–Crippen LogP) is 3.73. The van der Waals surface area contributed by atoms with Crippen LogP contribution in [0.3, 0.4) is 0 Å². The van der Waals surface area contributed by atoms with Crippen LogP contribution in [0, 0.1) is 5.82 Å². The maximum atomic E-state index is 13.6. The summed E-state index contributed by atoms with van der Waals surface area (Å²) in [6, 6.07) is 16.2. The number of hydrogen-bond acceptors (Lipinski definition) is 2. The molecule has 0 saturated carbocycles. The van der Waals surface area contributed by atoms with E-state index in [0.29, 0.717) is 13.0 Å². The van der Waals surface area contributed by atoms with Crippen LogP contribution in [0.1, 0.15) is 25.3 Å². The molecule has 0 heterocycles. The fourth-order valence-corrected chi connectivity index (χ4v) is 2.28. The van der Waals surface area contributed by atoms with Gasteiger partial charge in [0.25, 0.3) is 5.91 Å². The summed E-state index contributed by atoms with van der Waals surface area (Å²) in [6.45, 7) is 2.42. The molecule has 0 radical (unpaired) electrons. The van der Waals surface area contributed by atoms with Crippen LogP contribution in [0.5, 0.6) is 5.75 Å². The quantitative estimate of drug-likeness (QED) is 0.754. The molecule has 0 aromatic heterocycles. The fourth-order valence-electron chi connectivity index (χ4n) is 2.28. The first kappa shape index (κ1) is 17.0. The Morgan fingerprint density at radius 1 is 1.13 bits per heavy atom. The summed E-state index contributed by atoms with van der Waals surface area (Å²) in [5, 5.41) is 2.86. The number of aryl methyl sites for hydroxylation is 1. The zero-order chi connectivity index (χ0) is 16.5. The van der Waals surface area contributed by atoms with Crippen molar-refractivity contribution in [2.45, 2.75) is 32.3 Å². The zero-order valence-corrected chi connectivity index (χ0v) is 13.3. The van der Waals surface area contributed by atoms with Gasteiger partial charge < -0.3 is 10.1 Å². The molecule has 4 heteroatoms. The maximum Gasteiger partial charge on any atom is 0.261 e. The second-order valence-corrected chi connectivity index (χ2v) is 5.33. The Kier molecular flexibility index (Phi) is 6.60. The molecule has 2 rings (SSSR count). The second-order valence-electron chi connectivity index (χ2n) is 5.33. The van der Waals surface area contributed by atoms with Crippen LogP contribution in [0.4, 0.5) is 4.39 Å². The van der Waals surface area contributed by atoms with Crippen molar-refractivity contribution in [1.82, 2.24) is 5.32 Å². The molecule has 0 aliphatic rings. The third-order valence-corrected chi connectivity index (χ3v) is 3.55. The number of hydrogen-bond donors (Lipinski definition) is 1. The summed E-state index contributed by atoms with van der Waals surface area (Å²) in [4.78, 5) is 12.1. The third-order valence-electron chi connectivity index (χ3n) is 3.55. The number of rotatable bonds is 8. The highest BCUT2D eigenvalue weighted by Crippen LogP contribution is 2.18. The van der Waals surface area contributed by atoms with E-state index in [1.807, 2.05) is 25.1 Å². The Bertz CT molecular complexity index is 616. The van der Waals surface area contributed by atoms with E-state index in [0.717, 1.165) is 12.8 Å². The molecule has 1 amide bonds. The lowest BCUT2D eigenvalue weighted by atomic mass is 10.1. The lowest BCUT2D eigenvalue weighted by Gasteiger charge is -2.17. The van der Waals surface area contributed by atoms with E-state index in [4.69, 9.17) is 4.74 Å². The summed E-state index contributed by atoms with van der Waals surface area (Å²) in [5.74, 6) is -0.551. The van der Waals surface area contributed by atoms with Gasteiger partial charge in [-0.05, 0) is 37.0 Å². The number of ether oxygens (including phenoxy) is 1. The van der Waals surface area contributed by atoms with Crippen molar-refractivity contribution < 1.29 is 13.9 Å². The van der Waals surface area contributed by atoms with Crippen LogP contribution in [-0.4, -0.2) is 18.6 Å². The predicted molar refractivity (Wildman–Crippen MR) is 88.9 cm³/mol. The van der Waals surface area contributed by atoms with Crippen molar-refractivity contribution in [1.29, 1.82) is 0 Å². The monoisotopic (exact) mass is 315 g/mol. The van der Waals surface area contributed by atoms with E-state index < -0.39 is 11.9 Å². The maximum absolute atomic E-state index is 13.6. The molecule has 1 N–H and O–H groups in total. The molecule has 0 saturated heterocycles. The van der Waals surface area contributed by atoms with Gasteiger partial charge in [0.05, 0.1) is 0 Å². The SMILES string of the molecule is CC[C@@H](Oc1ccccc1F)C(=O)NCCCc1ccccc1. The van der Waals surface area contributed by atoms with Crippen molar-refractivity contribution in [3.8, 4) is 5.75 Å².